The maximum Gasteiger partial charge on any atom is 0.129 e. The number of allylic oxidation sites excluding steroid dienone is 2. The molecule has 1 aromatic carbocycles. The monoisotopic (exact) mass is 509 g/mol. The predicted octanol–water partition coefficient (Wildman–Crippen LogP) is 6.47. The highest BCUT2D eigenvalue weighted by atomic mass is 16.3. The first-order valence-electron chi connectivity index (χ1n) is 13.4. The maximum absolute atomic E-state index is 10.4. The molecule has 0 fully saturated rings. The second-order valence-corrected chi connectivity index (χ2v) is 9.17. The standard InChI is InChI=1S/C25H34N2O.C6H12O.CH5N/c1-8-12-19(10-3)15-21-20(11-4)25(26)27(24(21)16(5)9-2)23-17(6)13-14-22(28)18(23)7;1-3-4-5-6(2)7;1-2/h10-11,13-15,28H,4,8-9,12,26H2,1-3,5-7H3;3-5H2,1-2H3;2H2,1H3/b19-10-,21-15-,24-16?;;. The molecule has 0 saturated heterocycles. The van der Waals surface area contributed by atoms with Crippen LogP contribution in [0.25, 0.3) is 23.4 Å². The summed E-state index contributed by atoms with van der Waals surface area (Å²) in [5.41, 5.74) is 17.5. The number of unbranched alkanes of at least 4 members (excludes halogenated alkanes) is 1. The Morgan fingerprint density at radius 1 is 1.08 bits per heavy atom. The van der Waals surface area contributed by atoms with E-state index in [0.29, 0.717) is 11.6 Å². The topological polar surface area (TPSA) is 94.3 Å². The van der Waals surface area contributed by atoms with Gasteiger partial charge < -0.3 is 21.4 Å². The van der Waals surface area contributed by atoms with Crippen molar-refractivity contribution in [1.29, 1.82) is 0 Å². The Balaban J connectivity index is 0.00000124. The summed E-state index contributed by atoms with van der Waals surface area (Å²) in [5, 5.41) is 12.6. The lowest BCUT2D eigenvalue weighted by Gasteiger charge is -2.16. The van der Waals surface area contributed by atoms with Gasteiger partial charge in [-0.15, -0.1) is 0 Å². The van der Waals surface area contributed by atoms with Crippen LogP contribution in [0.1, 0.15) is 96.8 Å². The van der Waals surface area contributed by atoms with Crippen molar-refractivity contribution in [1.82, 2.24) is 4.57 Å². The van der Waals surface area contributed by atoms with Crippen LogP contribution in [0, 0.1) is 13.8 Å². The van der Waals surface area contributed by atoms with E-state index < -0.39 is 0 Å². The Kier molecular flexibility index (Phi) is 16.0. The SMILES string of the molecule is C=Cc1c(N)n(-c2c(C)ccc(O)c2C)c(=C(C)CC)/c1=C\C(=C/C)CCC.CCCCC(C)=O.CN. The molecule has 0 saturated carbocycles. The molecule has 1 heterocycles. The van der Waals surface area contributed by atoms with Crippen LogP contribution in [-0.2, 0) is 4.79 Å². The van der Waals surface area contributed by atoms with E-state index in [1.165, 1.54) is 18.2 Å². The smallest absolute Gasteiger partial charge is 0.129 e. The fourth-order valence-corrected chi connectivity index (χ4v) is 4.18. The van der Waals surface area contributed by atoms with Crippen LogP contribution in [0.5, 0.6) is 5.75 Å². The Hall–Kier alpha value is -3.05. The third-order valence-corrected chi connectivity index (χ3v) is 6.37. The molecule has 0 spiro atoms. The average molecular weight is 510 g/mol. The van der Waals surface area contributed by atoms with Gasteiger partial charge in [0.25, 0.3) is 0 Å². The van der Waals surface area contributed by atoms with Crippen molar-refractivity contribution in [2.24, 2.45) is 5.73 Å². The van der Waals surface area contributed by atoms with E-state index in [9.17, 15) is 9.90 Å². The number of hydrogen-bond acceptors (Lipinski definition) is 4. The highest BCUT2D eigenvalue weighted by molar-refractivity contribution is 5.75. The predicted molar refractivity (Wildman–Crippen MR) is 163 cm³/mol. The van der Waals surface area contributed by atoms with Gasteiger partial charge >= 0.3 is 0 Å². The van der Waals surface area contributed by atoms with Gasteiger partial charge in [0.2, 0.25) is 0 Å². The largest absolute Gasteiger partial charge is 0.508 e. The Bertz CT molecular complexity index is 1180. The normalized spacial score (nSPS) is 12.3. The Morgan fingerprint density at radius 3 is 2.14 bits per heavy atom. The number of carbonyl (C=O) groups is 1. The molecule has 0 radical (unpaired) electrons. The van der Waals surface area contributed by atoms with Gasteiger partial charge in [0.1, 0.15) is 17.4 Å². The molecular formula is C32H51N3O2. The molecule has 206 valence electrons. The molecule has 0 aliphatic rings. The minimum atomic E-state index is 0.277. The highest BCUT2D eigenvalue weighted by Gasteiger charge is 2.18. The molecule has 5 nitrogen and oxygen atoms in total. The number of ketones is 1. The quantitative estimate of drug-likeness (QED) is 0.361. The third kappa shape index (κ3) is 9.08. The van der Waals surface area contributed by atoms with Crippen molar-refractivity contribution in [3.05, 3.63) is 57.6 Å². The number of Topliss-reactive ketones (excluding diaryl/α,β-unsaturated/α-hetero) is 1. The molecule has 0 amide bonds. The molecule has 5 heteroatoms. The summed E-state index contributed by atoms with van der Waals surface area (Å²) >= 11 is 0. The van der Waals surface area contributed by atoms with Gasteiger partial charge in [-0.3, -0.25) is 4.57 Å². The summed E-state index contributed by atoms with van der Waals surface area (Å²) in [4.78, 5) is 10.2. The molecule has 0 aliphatic carbocycles. The van der Waals surface area contributed by atoms with E-state index in [4.69, 9.17) is 5.73 Å². The lowest BCUT2D eigenvalue weighted by atomic mass is 10.1. The summed E-state index contributed by atoms with van der Waals surface area (Å²) in [6.07, 6.45) is 12.2. The first-order valence-corrected chi connectivity index (χ1v) is 13.4. The van der Waals surface area contributed by atoms with E-state index in [1.54, 1.807) is 13.0 Å². The lowest BCUT2D eigenvalue weighted by Crippen LogP contribution is -2.32. The minimum absolute atomic E-state index is 0.277. The summed E-state index contributed by atoms with van der Waals surface area (Å²) in [6.45, 7) is 20.3. The van der Waals surface area contributed by atoms with Gasteiger partial charge in [0.15, 0.2) is 0 Å². The number of nitrogens with zero attached hydrogens (tertiary/aromatic N) is 1. The number of phenols is 1. The molecule has 0 aliphatic heterocycles. The van der Waals surface area contributed by atoms with Crippen molar-refractivity contribution in [2.45, 2.75) is 93.9 Å². The first kappa shape index (κ1) is 34.0. The van der Waals surface area contributed by atoms with Crippen molar-refractivity contribution < 1.29 is 9.90 Å². The van der Waals surface area contributed by atoms with E-state index in [0.717, 1.165) is 71.5 Å². The average Bonchev–Trinajstić information content (AvgIpc) is 3.16. The highest BCUT2D eigenvalue weighted by Crippen LogP contribution is 2.28. The fraction of sp³-hybridized carbons (Fsp3) is 0.469. The molecule has 2 aromatic rings. The number of phenolic OH excluding ortho intramolecular Hbond substituents is 1. The van der Waals surface area contributed by atoms with Gasteiger partial charge in [-0.1, -0.05) is 64.0 Å². The van der Waals surface area contributed by atoms with E-state index in [-0.39, 0.29) is 5.75 Å². The van der Waals surface area contributed by atoms with Crippen molar-refractivity contribution in [3.63, 3.8) is 0 Å². The lowest BCUT2D eigenvalue weighted by molar-refractivity contribution is -0.117. The summed E-state index contributed by atoms with van der Waals surface area (Å²) < 4.78 is 2.10. The zero-order chi connectivity index (χ0) is 28.7. The molecule has 5 N–H and O–H groups in total. The zero-order valence-corrected chi connectivity index (χ0v) is 24.8. The number of nitrogen functional groups attached to an aromatic ring is 1. The zero-order valence-electron chi connectivity index (χ0n) is 24.8. The molecule has 37 heavy (non-hydrogen) atoms. The van der Waals surface area contributed by atoms with Gasteiger partial charge in [-0.25, -0.2) is 0 Å². The molecule has 0 atom stereocenters. The molecule has 1 aromatic heterocycles. The number of aromatic nitrogens is 1. The molecular weight excluding hydrogens is 458 g/mol. The first-order chi connectivity index (χ1) is 17.6. The number of carbonyl (C=O) groups excluding carboxylic acids is 1. The number of nitrogens with two attached hydrogens (primary N) is 2. The van der Waals surface area contributed by atoms with Crippen molar-refractivity contribution >= 4 is 29.3 Å². The summed E-state index contributed by atoms with van der Waals surface area (Å²) in [5.74, 6) is 1.24. The van der Waals surface area contributed by atoms with E-state index in [1.807, 2.05) is 19.1 Å². The van der Waals surface area contributed by atoms with Crippen LogP contribution >= 0.6 is 0 Å². The minimum Gasteiger partial charge on any atom is -0.508 e. The Morgan fingerprint density at radius 2 is 1.70 bits per heavy atom. The summed E-state index contributed by atoms with van der Waals surface area (Å²) in [6, 6.07) is 3.68. The number of rotatable bonds is 9. The van der Waals surface area contributed by atoms with Gasteiger partial charge in [-0.2, -0.15) is 0 Å². The number of anilines is 1. The van der Waals surface area contributed by atoms with Crippen molar-refractivity contribution in [3.8, 4) is 11.4 Å². The maximum atomic E-state index is 10.4. The van der Waals surface area contributed by atoms with Gasteiger partial charge in [0.05, 0.1) is 11.0 Å². The number of aryl methyl sites for hydroxylation is 1. The summed E-state index contributed by atoms with van der Waals surface area (Å²) in [7, 11) is 1.50. The number of aromatic hydroxyl groups is 1. The molecule has 2 rings (SSSR count). The van der Waals surface area contributed by atoms with Crippen LogP contribution in [0.15, 0.2) is 30.4 Å². The van der Waals surface area contributed by atoms with Crippen molar-refractivity contribution in [2.75, 3.05) is 12.8 Å². The molecule has 0 bridgehead atoms. The fourth-order valence-electron chi connectivity index (χ4n) is 4.18. The van der Waals surface area contributed by atoms with E-state index >= 15 is 0 Å². The van der Waals surface area contributed by atoms with Crippen LogP contribution in [0.2, 0.25) is 0 Å². The second-order valence-electron chi connectivity index (χ2n) is 9.17. The Labute approximate surface area is 225 Å². The second kappa shape index (κ2) is 17.4. The third-order valence-electron chi connectivity index (χ3n) is 6.37. The van der Waals surface area contributed by atoms with Gasteiger partial charge in [0, 0.05) is 22.8 Å². The van der Waals surface area contributed by atoms with E-state index in [2.05, 4.69) is 70.6 Å². The molecule has 0 unspecified atom stereocenters. The van der Waals surface area contributed by atoms with Crippen LogP contribution in [0.4, 0.5) is 5.82 Å². The number of hydrogen-bond donors (Lipinski definition) is 3. The van der Waals surface area contributed by atoms with Gasteiger partial charge in [-0.05, 0) is 84.2 Å². The number of benzene rings is 1. The van der Waals surface area contributed by atoms with Crippen LogP contribution in [-0.4, -0.2) is 22.5 Å². The van der Waals surface area contributed by atoms with Crippen LogP contribution in [0.3, 0.4) is 0 Å². The van der Waals surface area contributed by atoms with Crippen LogP contribution < -0.4 is 22.0 Å².